The van der Waals surface area contributed by atoms with Crippen molar-refractivity contribution >= 4 is 11.6 Å². The highest BCUT2D eigenvalue weighted by Gasteiger charge is 2.12. The Morgan fingerprint density at radius 1 is 1.50 bits per heavy atom. The summed E-state index contributed by atoms with van der Waals surface area (Å²) in [4.78, 5) is 15.3. The predicted molar refractivity (Wildman–Crippen MR) is 58.9 cm³/mol. The Kier molecular flexibility index (Phi) is 5.60. The van der Waals surface area contributed by atoms with Gasteiger partial charge in [-0.2, -0.15) is 0 Å². The smallest absolute Gasteiger partial charge is 0.180 e. The van der Waals surface area contributed by atoms with Gasteiger partial charge in [0.2, 0.25) is 0 Å². The first-order valence-electron chi connectivity index (χ1n) is 4.70. The van der Waals surface area contributed by atoms with Crippen LogP contribution in [0.3, 0.4) is 0 Å². The number of rotatable bonds is 6. The highest BCUT2D eigenvalue weighted by Crippen LogP contribution is 2.09. The van der Waals surface area contributed by atoms with E-state index in [1.165, 1.54) is 0 Å². The molecule has 0 saturated heterocycles. The topological polar surface area (TPSA) is 81.5 Å². The Balaban J connectivity index is 3.75. The zero-order valence-electron chi connectivity index (χ0n) is 8.92. The fourth-order valence-corrected chi connectivity index (χ4v) is 1.10. The summed E-state index contributed by atoms with van der Waals surface area (Å²) < 4.78 is 0. The van der Waals surface area contributed by atoms with E-state index < -0.39 is 0 Å². The molecule has 14 heavy (non-hydrogen) atoms. The zero-order chi connectivity index (χ0) is 11.1. The molecule has 0 aromatic heterocycles. The van der Waals surface area contributed by atoms with Crippen LogP contribution in [-0.2, 0) is 4.79 Å². The van der Waals surface area contributed by atoms with Crippen LogP contribution < -0.4 is 11.5 Å². The van der Waals surface area contributed by atoms with E-state index in [0.717, 1.165) is 12.8 Å². The van der Waals surface area contributed by atoms with E-state index in [1.54, 1.807) is 6.92 Å². The minimum absolute atomic E-state index is 0.0687. The standard InChI is InChI=1S/C10H19N3O/c1-7(10(14)8(2)11)5-4-6-13-9(3)12/h7H,2,4-6,11H2,1,3H3,(H2,12,13)/t7-/m0/s1. The molecule has 80 valence electrons. The van der Waals surface area contributed by atoms with Gasteiger partial charge in [-0.05, 0) is 19.8 Å². The lowest BCUT2D eigenvalue weighted by atomic mass is 9.99. The van der Waals surface area contributed by atoms with Crippen LogP contribution in [0.1, 0.15) is 26.7 Å². The van der Waals surface area contributed by atoms with Crippen LogP contribution in [0, 0.1) is 5.92 Å². The van der Waals surface area contributed by atoms with Crippen molar-refractivity contribution < 1.29 is 4.79 Å². The highest BCUT2D eigenvalue weighted by atomic mass is 16.1. The molecule has 0 aromatic rings. The predicted octanol–water partition coefficient (Wildman–Crippen LogP) is 0.821. The van der Waals surface area contributed by atoms with Crippen molar-refractivity contribution in [1.82, 2.24) is 0 Å². The van der Waals surface area contributed by atoms with Gasteiger partial charge in [0.05, 0.1) is 11.5 Å². The van der Waals surface area contributed by atoms with Crippen molar-refractivity contribution in [2.45, 2.75) is 26.7 Å². The van der Waals surface area contributed by atoms with Crippen molar-refractivity contribution in [2.75, 3.05) is 6.54 Å². The molecule has 0 aromatic carbocycles. The van der Waals surface area contributed by atoms with Gasteiger partial charge in [0.25, 0.3) is 0 Å². The third-order valence-corrected chi connectivity index (χ3v) is 1.92. The summed E-state index contributed by atoms with van der Waals surface area (Å²) in [6.07, 6.45) is 1.61. The van der Waals surface area contributed by atoms with Crippen molar-refractivity contribution in [3.8, 4) is 0 Å². The fourth-order valence-electron chi connectivity index (χ4n) is 1.10. The van der Waals surface area contributed by atoms with Crippen LogP contribution in [0.25, 0.3) is 0 Å². The highest BCUT2D eigenvalue weighted by molar-refractivity contribution is 5.95. The molecular weight excluding hydrogens is 178 g/mol. The first-order valence-corrected chi connectivity index (χ1v) is 4.70. The van der Waals surface area contributed by atoms with Crippen LogP contribution >= 0.6 is 0 Å². The summed E-state index contributed by atoms with van der Waals surface area (Å²) in [5, 5.41) is 0. The maximum absolute atomic E-state index is 11.3. The second-order valence-corrected chi connectivity index (χ2v) is 3.46. The van der Waals surface area contributed by atoms with E-state index in [9.17, 15) is 4.79 Å². The SMILES string of the molecule is C=C(N)C(=O)[C@@H](C)CCCN=C(C)N. The van der Waals surface area contributed by atoms with E-state index >= 15 is 0 Å². The van der Waals surface area contributed by atoms with Crippen molar-refractivity contribution in [2.24, 2.45) is 22.4 Å². The van der Waals surface area contributed by atoms with Gasteiger partial charge in [0, 0.05) is 12.5 Å². The second kappa shape index (κ2) is 6.18. The third kappa shape index (κ3) is 5.35. The number of aliphatic imine (C=N–C) groups is 1. The lowest BCUT2D eigenvalue weighted by Gasteiger charge is -2.08. The molecule has 0 aliphatic rings. The van der Waals surface area contributed by atoms with Gasteiger partial charge >= 0.3 is 0 Å². The number of carbonyl (C=O) groups is 1. The number of carbonyl (C=O) groups excluding carboxylic acids is 1. The summed E-state index contributed by atoms with van der Waals surface area (Å²) in [7, 11) is 0. The molecule has 0 rings (SSSR count). The van der Waals surface area contributed by atoms with Crippen molar-refractivity contribution in [3.05, 3.63) is 12.3 Å². The summed E-state index contributed by atoms with van der Waals surface area (Å²) in [5.41, 5.74) is 10.8. The van der Waals surface area contributed by atoms with Gasteiger partial charge in [-0.15, -0.1) is 0 Å². The minimum atomic E-state index is -0.0709. The maximum atomic E-state index is 11.3. The number of hydrogen-bond acceptors (Lipinski definition) is 3. The number of ketones is 1. The van der Waals surface area contributed by atoms with Gasteiger partial charge in [-0.1, -0.05) is 13.5 Å². The number of amidine groups is 1. The van der Waals surface area contributed by atoms with E-state index in [0.29, 0.717) is 12.4 Å². The molecule has 0 radical (unpaired) electrons. The molecule has 4 heteroatoms. The average molecular weight is 197 g/mol. The monoisotopic (exact) mass is 197 g/mol. The Morgan fingerprint density at radius 3 is 2.50 bits per heavy atom. The first-order chi connectivity index (χ1) is 6.45. The molecule has 0 aliphatic heterocycles. The van der Waals surface area contributed by atoms with Crippen LogP contribution in [0.4, 0.5) is 0 Å². The molecule has 0 spiro atoms. The average Bonchev–Trinajstić information content (AvgIpc) is 2.10. The van der Waals surface area contributed by atoms with Crippen molar-refractivity contribution in [3.63, 3.8) is 0 Å². The van der Waals surface area contributed by atoms with Crippen molar-refractivity contribution in [1.29, 1.82) is 0 Å². The zero-order valence-corrected chi connectivity index (χ0v) is 8.92. The summed E-state index contributed by atoms with van der Waals surface area (Å²) in [6, 6.07) is 0. The molecule has 0 aliphatic carbocycles. The summed E-state index contributed by atoms with van der Waals surface area (Å²) in [6.45, 7) is 7.67. The van der Waals surface area contributed by atoms with Gasteiger partial charge < -0.3 is 11.5 Å². The molecule has 0 saturated carbocycles. The summed E-state index contributed by atoms with van der Waals surface area (Å²) in [5.74, 6) is 0.437. The normalized spacial score (nSPS) is 13.7. The Bertz CT molecular complexity index is 242. The molecule has 0 amide bonds. The van der Waals surface area contributed by atoms with Crippen LogP contribution in [0.15, 0.2) is 17.3 Å². The van der Waals surface area contributed by atoms with Crippen LogP contribution in [0.5, 0.6) is 0 Å². The Hall–Kier alpha value is -1.32. The number of hydrogen-bond donors (Lipinski definition) is 2. The molecule has 0 bridgehead atoms. The number of nitrogens with zero attached hydrogens (tertiary/aromatic N) is 1. The van der Waals surface area contributed by atoms with Gasteiger partial charge in [0.15, 0.2) is 5.78 Å². The lowest BCUT2D eigenvalue weighted by molar-refractivity contribution is -0.118. The first kappa shape index (κ1) is 12.7. The van der Waals surface area contributed by atoms with Gasteiger partial charge in [0.1, 0.15) is 0 Å². The molecule has 4 N–H and O–H groups in total. The molecule has 0 unspecified atom stereocenters. The molecule has 0 heterocycles. The fraction of sp³-hybridized carbons (Fsp3) is 0.600. The van der Waals surface area contributed by atoms with Gasteiger partial charge in [-0.3, -0.25) is 9.79 Å². The van der Waals surface area contributed by atoms with E-state index in [-0.39, 0.29) is 17.4 Å². The van der Waals surface area contributed by atoms with E-state index in [1.807, 2.05) is 6.92 Å². The lowest BCUT2D eigenvalue weighted by Crippen LogP contribution is -2.18. The Morgan fingerprint density at radius 2 is 2.07 bits per heavy atom. The van der Waals surface area contributed by atoms with Gasteiger partial charge in [-0.25, -0.2) is 0 Å². The number of allylic oxidation sites excluding steroid dienone is 1. The molecule has 4 nitrogen and oxygen atoms in total. The number of Topliss-reactive ketones (excluding diaryl/α,β-unsaturated/α-hetero) is 1. The second-order valence-electron chi connectivity index (χ2n) is 3.46. The van der Waals surface area contributed by atoms with E-state index in [2.05, 4.69) is 11.6 Å². The van der Waals surface area contributed by atoms with Crippen LogP contribution in [0.2, 0.25) is 0 Å². The molecule has 1 atom stereocenters. The molecule has 0 fully saturated rings. The Labute approximate surface area is 85.1 Å². The largest absolute Gasteiger partial charge is 0.396 e. The summed E-state index contributed by atoms with van der Waals surface area (Å²) >= 11 is 0. The minimum Gasteiger partial charge on any atom is -0.396 e. The van der Waals surface area contributed by atoms with E-state index in [4.69, 9.17) is 11.5 Å². The third-order valence-electron chi connectivity index (χ3n) is 1.92. The maximum Gasteiger partial charge on any atom is 0.180 e. The number of nitrogens with two attached hydrogens (primary N) is 2. The molecular formula is C10H19N3O. The van der Waals surface area contributed by atoms with Crippen LogP contribution in [-0.4, -0.2) is 18.2 Å². The quantitative estimate of drug-likeness (QED) is 0.286.